The molecule has 0 amide bonds. The van der Waals surface area contributed by atoms with Crippen LogP contribution in [0.2, 0.25) is 0 Å². The molecule has 0 spiro atoms. The first-order valence-electron chi connectivity index (χ1n) is 1.71. The summed E-state index contributed by atoms with van der Waals surface area (Å²) in [5.74, 6) is 2.20. The topological polar surface area (TPSA) is 29.5 Å². The van der Waals surface area contributed by atoms with Crippen LogP contribution in [0.1, 0.15) is 0 Å². The fraction of sp³-hybridized carbons (Fsp3) is 0.250. The fourth-order valence-electron chi connectivity index (χ4n) is 0.125. The van der Waals surface area contributed by atoms with Crippen LogP contribution in [-0.2, 0) is 44.1 Å². The van der Waals surface area contributed by atoms with Gasteiger partial charge in [0.05, 0.1) is 0 Å². The quantitative estimate of drug-likeness (QED) is 0.564. The van der Waals surface area contributed by atoms with Crippen LogP contribution in [0.4, 0.5) is 0 Å². The van der Waals surface area contributed by atoms with Crippen LogP contribution in [0, 0.1) is 12.3 Å². The van der Waals surface area contributed by atoms with E-state index in [1.54, 1.807) is 0 Å². The predicted molar refractivity (Wildman–Crippen MR) is 32.4 cm³/mol. The van der Waals surface area contributed by atoms with Crippen molar-refractivity contribution in [3.05, 3.63) is 0 Å². The van der Waals surface area contributed by atoms with Gasteiger partial charge in [0.2, 0.25) is 0 Å². The van der Waals surface area contributed by atoms with Gasteiger partial charge in [-0.1, -0.05) is 12.2 Å². The molecule has 1 atom stereocenters. The Kier molecular flexibility index (Phi) is 21.7. The molecule has 1 radical (unpaired) electrons. The molecular formula is C4H7O2PVW. The first-order valence-corrected chi connectivity index (χ1v) is 3.27. The summed E-state index contributed by atoms with van der Waals surface area (Å²) >= 11 is 0. The maximum Gasteiger partial charge on any atom is 0.113 e. The molecule has 0 rings (SSSR count). The summed E-state index contributed by atoms with van der Waals surface area (Å²) in [5.41, 5.74) is 0. The standard InChI is InChI=1S/C4H7O2P.V.W/c1-3-4-6-7(2)5;;/h1,5,7H,2,4H2;;. The maximum atomic E-state index is 8.36. The van der Waals surface area contributed by atoms with Crippen LogP contribution >= 0.6 is 8.00 Å². The molecule has 1 unspecified atom stereocenters. The summed E-state index contributed by atoms with van der Waals surface area (Å²) in [5, 5.41) is 0. The van der Waals surface area contributed by atoms with E-state index >= 15 is 0 Å². The van der Waals surface area contributed by atoms with E-state index in [2.05, 4.69) is 16.7 Å². The molecule has 5 heteroatoms. The van der Waals surface area contributed by atoms with E-state index in [4.69, 9.17) is 11.3 Å². The molecule has 0 aromatic rings. The molecule has 2 nitrogen and oxygen atoms in total. The zero-order valence-corrected chi connectivity index (χ0v) is 10.0. The van der Waals surface area contributed by atoms with Crippen LogP contribution in [0.15, 0.2) is 0 Å². The van der Waals surface area contributed by atoms with Gasteiger partial charge in [0.25, 0.3) is 0 Å². The molecule has 9 heavy (non-hydrogen) atoms. The number of terminal acetylenes is 1. The number of rotatable bonds is 2. The molecule has 0 fully saturated rings. The molecule has 0 aromatic heterocycles. The third-order valence-corrected chi connectivity index (χ3v) is 0.800. The first-order chi connectivity index (χ1) is 3.27. The van der Waals surface area contributed by atoms with E-state index in [-0.39, 0.29) is 46.2 Å². The molecule has 0 saturated carbocycles. The maximum absolute atomic E-state index is 8.36. The second-order valence-electron chi connectivity index (χ2n) is 0.887. The molecule has 0 aliphatic rings. The zero-order chi connectivity index (χ0) is 5.70. The Morgan fingerprint density at radius 3 is 2.33 bits per heavy atom. The van der Waals surface area contributed by atoms with Crippen LogP contribution in [-0.4, -0.2) is 17.8 Å². The molecule has 0 heterocycles. The van der Waals surface area contributed by atoms with Crippen molar-refractivity contribution in [3.8, 4) is 12.3 Å². The van der Waals surface area contributed by atoms with Crippen LogP contribution in [0.3, 0.4) is 0 Å². The monoisotopic (exact) mass is 353 g/mol. The Morgan fingerprint density at radius 1 is 1.78 bits per heavy atom. The van der Waals surface area contributed by atoms with E-state index < -0.39 is 8.00 Å². The van der Waals surface area contributed by atoms with Gasteiger partial charge in [0.15, 0.2) is 0 Å². The molecule has 0 bridgehead atoms. The normalized spacial score (nSPS) is 9.78. The van der Waals surface area contributed by atoms with E-state index in [0.29, 0.717) is 0 Å². The fourth-order valence-corrected chi connectivity index (χ4v) is 0.375. The average Bonchev–Trinajstić information content (AvgIpc) is 1.61. The third-order valence-electron chi connectivity index (χ3n) is 0.322. The summed E-state index contributed by atoms with van der Waals surface area (Å²) in [6, 6.07) is 0. The number of hydrogen-bond acceptors (Lipinski definition) is 2. The van der Waals surface area contributed by atoms with Crippen molar-refractivity contribution < 1.29 is 49.0 Å². The van der Waals surface area contributed by atoms with Crippen molar-refractivity contribution in [2.75, 3.05) is 6.61 Å². The molecule has 51 valence electrons. The minimum absolute atomic E-state index is 0. The summed E-state index contributed by atoms with van der Waals surface area (Å²) in [6.07, 6.45) is 7.99. The Morgan fingerprint density at radius 2 is 2.22 bits per heavy atom. The third kappa shape index (κ3) is 17.6. The molecule has 0 saturated heterocycles. The van der Waals surface area contributed by atoms with Gasteiger partial charge in [0.1, 0.15) is 14.6 Å². The molecule has 0 aliphatic heterocycles. The van der Waals surface area contributed by atoms with E-state index in [1.807, 2.05) is 0 Å². The zero-order valence-electron chi connectivity index (χ0n) is 4.70. The van der Waals surface area contributed by atoms with Gasteiger partial charge < -0.3 is 9.42 Å². The average molecular weight is 353 g/mol. The molecule has 0 aromatic carbocycles. The van der Waals surface area contributed by atoms with Gasteiger partial charge in [-0.05, 0) is 0 Å². The van der Waals surface area contributed by atoms with Crippen LogP contribution < -0.4 is 0 Å². The van der Waals surface area contributed by atoms with Gasteiger partial charge in [-0.3, -0.25) is 0 Å². The second-order valence-corrected chi connectivity index (χ2v) is 1.96. The van der Waals surface area contributed by atoms with E-state index in [1.165, 1.54) is 0 Å². The summed E-state index contributed by atoms with van der Waals surface area (Å²) < 4.78 is 4.50. The molecular weight excluding hydrogens is 346 g/mol. The minimum atomic E-state index is -1.79. The van der Waals surface area contributed by atoms with Crippen molar-refractivity contribution >= 4 is 14.3 Å². The van der Waals surface area contributed by atoms with Gasteiger partial charge in [-0.25, -0.2) is 0 Å². The Hall–Kier alpha value is 1.05. The minimum Gasteiger partial charge on any atom is -0.355 e. The molecule has 0 aliphatic carbocycles. The summed E-state index contributed by atoms with van der Waals surface area (Å²) in [7, 11) is -1.79. The van der Waals surface area contributed by atoms with Crippen molar-refractivity contribution in [2.45, 2.75) is 0 Å². The molecule has 1 N–H and O–H groups in total. The summed E-state index contributed by atoms with van der Waals surface area (Å²) in [6.45, 7) is 0.161. The van der Waals surface area contributed by atoms with Crippen molar-refractivity contribution in [1.82, 2.24) is 0 Å². The van der Waals surface area contributed by atoms with Crippen LogP contribution in [0.25, 0.3) is 0 Å². The summed E-state index contributed by atoms with van der Waals surface area (Å²) in [4.78, 5) is 8.36. The van der Waals surface area contributed by atoms with Crippen molar-refractivity contribution in [2.24, 2.45) is 0 Å². The van der Waals surface area contributed by atoms with Crippen molar-refractivity contribution in [1.29, 1.82) is 0 Å². The van der Waals surface area contributed by atoms with Crippen LogP contribution in [0.5, 0.6) is 0 Å². The van der Waals surface area contributed by atoms with E-state index in [9.17, 15) is 0 Å². The smallest absolute Gasteiger partial charge is 0.113 e. The first kappa shape index (κ1) is 16.6. The Bertz CT molecular complexity index is 112. The van der Waals surface area contributed by atoms with E-state index in [0.717, 1.165) is 0 Å². The second kappa shape index (κ2) is 11.8. The van der Waals surface area contributed by atoms with Gasteiger partial charge >= 0.3 is 0 Å². The number of hydrogen-bond donors (Lipinski definition) is 1. The predicted octanol–water partition coefficient (Wildman–Crippen LogP) is 0.0997. The SMILES string of the molecule is C#CCO[PH](=C)O.[V].[W]. The Balaban J connectivity index is -0.000000180. The van der Waals surface area contributed by atoms with Gasteiger partial charge in [-0.2, -0.15) is 0 Å². The van der Waals surface area contributed by atoms with Gasteiger partial charge in [0, 0.05) is 39.6 Å². The largest absolute Gasteiger partial charge is 0.355 e. The van der Waals surface area contributed by atoms with Crippen molar-refractivity contribution in [3.63, 3.8) is 0 Å². The Labute approximate surface area is 82.1 Å². The van der Waals surface area contributed by atoms with Gasteiger partial charge in [-0.15, -0.1) is 6.42 Å².